The van der Waals surface area contributed by atoms with Crippen molar-refractivity contribution in [1.82, 2.24) is 4.98 Å². The van der Waals surface area contributed by atoms with Crippen LogP contribution in [0.15, 0.2) is 41.0 Å². The highest BCUT2D eigenvalue weighted by Crippen LogP contribution is 2.21. The van der Waals surface area contributed by atoms with Gasteiger partial charge in [0.15, 0.2) is 0 Å². The number of nitrogens with zero attached hydrogens (tertiary/aromatic N) is 1. The largest absolute Gasteiger partial charge is 0.310 e. The third kappa shape index (κ3) is 4.20. The molecule has 1 aromatic carbocycles. The standard InChI is InChI=1S/C13H9BrCl2N2O/c14-9-2-4-12(17-7-9)18-13(19)5-8-1-3-10(15)6-11(8)16/h1-4,6-7H,5H2,(H,17,18,19). The molecule has 0 unspecified atom stereocenters. The lowest BCUT2D eigenvalue weighted by Crippen LogP contribution is -2.15. The summed E-state index contributed by atoms with van der Waals surface area (Å²) in [5.41, 5.74) is 0.723. The summed E-state index contributed by atoms with van der Waals surface area (Å²) in [6.07, 6.45) is 1.79. The van der Waals surface area contributed by atoms with Crippen LogP contribution in [-0.4, -0.2) is 10.9 Å². The van der Waals surface area contributed by atoms with Gasteiger partial charge in [0.1, 0.15) is 5.82 Å². The van der Waals surface area contributed by atoms with E-state index in [1.807, 2.05) is 0 Å². The molecule has 0 bridgehead atoms. The first kappa shape index (κ1) is 14.3. The van der Waals surface area contributed by atoms with Crippen LogP contribution < -0.4 is 5.32 Å². The monoisotopic (exact) mass is 358 g/mol. The van der Waals surface area contributed by atoms with E-state index in [0.29, 0.717) is 15.9 Å². The maximum Gasteiger partial charge on any atom is 0.230 e. The van der Waals surface area contributed by atoms with E-state index in [1.54, 1.807) is 36.5 Å². The van der Waals surface area contributed by atoms with Crippen LogP contribution >= 0.6 is 39.1 Å². The molecule has 0 aliphatic heterocycles. The SMILES string of the molecule is O=C(Cc1ccc(Cl)cc1Cl)Nc1ccc(Br)cn1. The smallest absolute Gasteiger partial charge is 0.230 e. The molecule has 0 atom stereocenters. The van der Waals surface area contributed by atoms with Gasteiger partial charge in [-0.05, 0) is 45.8 Å². The predicted octanol–water partition coefficient (Wildman–Crippen LogP) is 4.33. The lowest BCUT2D eigenvalue weighted by atomic mass is 10.1. The maximum atomic E-state index is 11.8. The molecule has 0 saturated carbocycles. The summed E-state index contributed by atoms with van der Waals surface area (Å²) in [6, 6.07) is 8.57. The van der Waals surface area contributed by atoms with Gasteiger partial charge >= 0.3 is 0 Å². The number of aromatic nitrogens is 1. The Balaban J connectivity index is 2.03. The summed E-state index contributed by atoms with van der Waals surface area (Å²) in [6.45, 7) is 0. The van der Waals surface area contributed by atoms with Crippen LogP contribution in [0.3, 0.4) is 0 Å². The highest BCUT2D eigenvalue weighted by Gasteiger charge is 2.08. The van der Waals surface area contributed by atoms with Crippen molar-refractivity contribution < 1.29 is 4.79 Å². The number of rotatable bonds is 3. The number of anilines is 1. The number of amides is 1. The summed E-state index contributed by atoms with van der Waals surface area (Å²) in [7, 11) is 0. The van der Waals surface area contributed by atoms with Gasteiger partial charge < -0.3 is 5.32 Å². The van der Waals surface area contributed by atoms with Crippen LogP contribution in [0.5, 0.6) is 0 Å². The molecule has 0 fully saturated rings. The minimum Gasteiger partial charge on any atom is -0.310 e. The molecule has 19 heavy (non-hydrogen) atoms. The number of nitrogens with one attached hydrogen (secondary N) is 1. The van der Waals surface area contributed by atoms with Gasteiger partial charge in [0.2, 0.25) is 5.91 Å². The van der Waals surface area contributed by atoms with Crippen LogP contribution in [0.1, 0.15) is 5.56 Å². The minimum absolute atomic E-state index is 0.174. The molecule has 2 aromatic rings. The second kappa shape index (κ2) is 6.37. The Hall–Kier alpha value is -1.10. The lowest BCUT2D eigenvalue weighted by Gasteiger charge is -2.06. The molecule has 1 amide bonds. The van der Waals surface area contributed by atoms with E-state index in [4.69, 9.17) is 23.2 Å². The van der Waals surface area contributed by atoms with Crippen LogP contribution in [0.2, 0.25) is 10.0 Å². The normalized spacial score (nSPS) is 10.3. The number of halogens is 3. The topological polar surface area (TPSA) is 42.0 Å². The molecule has 0 aliphatic carbocycles. The van der Waals surface area contributed by atoms with Gasteiger partial charge in [-0.1, -0.05) is 29.3 Å². The summed E-state index contributed by atoms with van der Waals surface area (Å²) in [5, 5.41) is 3.72. The van der Waals surface area contributed by atoms with Crippen molar-refractivity contribution in [3.8, 4) is 0 Å². The first-order valence-corrected chi connectivity index (χ1v) is 6.95. The van der Waals surface area contributed by atoms with Crippen molar-refractivity contribution in [2.75, 3.05) is 5.32 Å². The first-order valence-electron chi connectivity index (χ1n) is 5.40. The zero-order chi connectivity index (χ0) is 13.8. The quantitative estimate of drug-likeness (QED) is 0.885. The van der Waals surface area contributed by atoms with E-state index >= 15 is 0 Å². The van der Waals surface area contributed by atoms with Gasteiger partial charge in [-0.15, -0.1) is 0 Å². The number of hydrogen-bond donors (Lipinski definition) is 1. The Bertz CT molecular complexity index is 602. The zero-order valence-electron chi connectivity index (χ0n) is 9.66. The molecular weight excluding hydrogens is 351 g/mol. The summed E-state index contributed by atoms with van der Waals surface area (Å²) in [5.74, 6) is 0.317. The molecule has 1 aromatic heterocycles. The summed E-state index contributed by atoms with van der Waals surface area (Å²) in [4.78, 5) is 15.9. The van der Waals surface area contributed by atoms with Gasteiger partial charge in [-0.2, -0.15) is 0 Å². The molecule has 1 heterocycles. The van der Waals surface area contributed by atoms with Crippen molar-refractivity contribution in [2.24, 2.45) is 0 Å². The Labute approximate surface area is 129 Å². The first-order chi connectivity index (χ1) is 9.04. The highest BCUT2D eigenvalue weighted by molar-refractivity contribution is 9.10. The third-order valence-electron chi connectivity index (χ3n) is 2.36. The average molecular weight is 360 g/mol. The van der Waals surface area contributed by atoms with Crippen molar-refractivity contribution in [2.45, 2.75) is 6.42 Å². The molecule has 2 rings (SSSR count). The number of pyridine rings is 1. The van der Waals surface area contributed by atoms with Crippen molar-refractivity contribution in [3.05, 3.63) is 56.6 Å². The number of carbonyl (C=O) groups excluding carboxylic acids is 1. The van der Waals surface area contributed by atoms with Crippen LogP contribution in [0.25, 0.3) is 0 Å². The number of carbonyl (C=O) groups is 1. The second-order valence-electron chi connectivity index (χ2n) is 3.82. The average Bonchev–Trinajstić information content (AvgIpc) is 2.36. The van der Waals surface area contributed by atoms with Gasteiger partial charge in [-0.3, -0.25) is 4.79 Å². The van der Waals surface area contributed by atoms with Gasteiger partial charge in [0.05, 0.1) is 6.42 Å². The summed E-state index contributed by atoms with van der Waals surface area (Å²) < 4.78 is 0.853. The third-order valence-corrected chi connectivity index (χ3v) is 3.42. The van der Waals surface area contributed by atoms with Crippen molar-refractivity contribution in [1.29, 1.82) is 0 Å². The molecule has 98 valence electrons. The van der Waals surface area contributed by atoms with E-state index in [1.165, 1.54) is 0 Å². The minimum atomic E-state index is -0.181. The Morgan fingerprint density at radius 1 is 1.26 bits per heavy atom. The van der Waals surface area contributed by atoms with Gasteiger partial charge in [0.25, 0.3) is 0 Å². The molecule has 1 N–H and O–H groups in total. The van der Waals surface area contributed by atoms with E-state index in [2.05, 4.69) is 26.2 Å². The number of hydrogen-bond acceptors (Lipinski definition) is 2. The molecule has 0 radical (unpaired) electrons. The molecule has 3 nitrogen and oxygen atoms in total. The lowest BCUT2D eigenvalue weighted by molar-refractivity contribution is -0.115. The molecule has 0 aliphatic rings. The Morgan fingerprint density at radius 2 is 2.05 bits per heavy atom. The van der Waals surface area contributed by atoms with Crippen molar-refractivity contribution >= 4 is 50.9 Å². The zero-order valence-corrected chi connectivity index (χ0v) is 12.8. The summed E-state index contributed by atoms with van der Waals surface area (Å²) >= 11 is 15.1. The molecule has 6 heteroatoms. The molecule has 0 spiro atoms. The predicted molar refractivity (Wildman–Crippen MR) is 80.7 cm³/mol. The fourth-order valence-corrected chi connectivity index (χ4v) is 2.18. The Morgan fingerprint density at radius 3 is 2.68 bits per heavy atom. The van der Waals surface area contributed by atoms with Gasteiger partial charge in [-0.25, -0.2) is 4.98 Å². The highest BCUT2D eigenvalue weighted by atomic mass is 79.9. The van der Waals surface area contributed by atoms with Gasteiger partial charge in [0, 0.05) is 20.7 Å². The van der Waals surface area contributed by atoms with Crippen molar-refractivity contribution in [3.63, 3.8) is 0 Å². The maximum absolute atomic E-state index is 11.8. The van der Waals surface area contributed by atoms with E-state index < -0.39 is 0 Å². The van der Waals surface area contributed by atoms with Crippen LogP contribution in [0.4, 0.5) is 5.82 Å². The number of benzene rings is 1. The molecule has 0 saturated heterocycles. The molecular formula is C13H9BrCl2N2O. The van der Waals surface area contributed by atoms with E-state index in [-0.39, 0.29) is 12.3 Å². The second-order valence-corrected chi connectivity index (χ2v) is 5.58. The fourth-order valence-electron chi connectivity index (χ4n) is 1.47. The fraction of sp³-hybridized carbons (Fsp3) is 0.0769. The van der Waals surface area contributed by atoms with Crippen LogP contribution in [-0.2, 0) is 11.2 Å². The Kier molecular flexibility index (Phi) is 4.80. The van der Waals surface area contributed by atoms with Crippen LogP contribution in [0, 0.1) is 0 Å². The van der Waals surface area contributed by atoms with E-state index in [0.717, 1.165) is 10.0 Å². The van der Waals surface area contributed by atoms with E-state index in [9.17, 15) is 4.79 Å².